The van der Waals surface area contributed by atoms with Crippen molar-refractivity contribution in [3.63, 3.8) is 0 Å². The van der Waals surface area contributed by atoms with Crippen LogP contribution >= 0.6 is 23.2 Å². The van der Waals surface area contributed by atoms with Crippen molar-refractivity contribution in [2.75, 3.05) is 26.2 Å². The average Bonchev–Trinajstić information content (AvgIpc) is 2.44. The fourth-order valence-electron chi connectivity index (χ4n) is 2.40. The van der Waals surface area contributed by atoms with Crippen molar-refractivity contribution in [3.8, 4) is 5.75 Å². The van der Waals surface area contributed by atoms with Gasteiger partial charge in [0.25, 0.3) is 0 Å². The van der Waals surface area contributed by atoms with E-state index in [1.165, 1.54) is 45.3 Å². The molecular weight excluding hydrogens is 281 g/mol. The highest BCUT2D eigenvalue weighted by molar-refractivity contribution is 6.42. The highest BCUT2D eigenvalue weighted by Gasteiger charge is 2.09. The largest absolute Gasteiger partial charge is 0.492 e. The summed E-state index contributed by atoms with van der Waals surface area (Å²) >= 11 is 12.0. The standard InChI is InChI=1S/C15H21Cl2NO/c16-13-7-6-8-14(15(13)17)19-12-5-4-11-18-9-2-1-3-10-18/h6-8H,1-5,9-12H2. The van der Waals surface area contributed by atoms with E-state index in [2.05, 4.69) is 4.90 Å². The summed E-state index contributed by atoms with van der Waals surface area (Å²) in [5.74, 6) is 0.687. The molecular formula is C15H21Cl2NO. The average molecular weight is 302 g/mol. The van der Waals surface area contributed by atoms with Crippen molar-refractivity contribution < 1.29 is 4.74 Å². The molecule has 1 fully saturated rings. The van der Waals surface area contributed by atoms with E-state index in [0.29, 0.717) is 22.4 Å². The van der Waals surface area contributed by atoms with E-state index in [9.17, 15) is 0 Å². The first-order valence-corrected chi connectivity index (χ1v) is 7.82. The fraction of sp³-hybridized carbons (Fsp3) is 0.600. The molecule has 0 bridgehead atoms. The van der Waals surface area contributed by atoms with Gasteiger partial charge >= 0.3 is 0 Å². The molecule has 0 aliphatic carbocycles. The van der Waals surface area contributed by atoms with Crippen LogP contribution in [0.5, 0.6) is 5.75 Å². The van der Waals surface area contributed by atoms with Gasteiger partial charge in [-0.3, -0.25) is 0 Å². The third-order valence-electron chi connectivity index (χ3n) is 3.49. The van der Waals surface area contributed by atoms with Gasteiger partial charge in [0.2, 0.25) is 0 Å². The van der Waals surface area contributed by atoms with Gasteiger partial charge in [-0.2, -0.15) is 0 Å². The van der Waals surface area contributed by atoms with Crippen LogP contribution in [0.3, 0.4) is 0 Å². The van der Waals surface area contributed by atoms with Gasteiger partial charge in [-0.15, -0.1) is 0 Å². The third kappa shape index (κ3) is 4.87. The Labute approximate surface area is 125 Å². The van der Waals surface area contributed by atoms with Crippen LogP contribution in [0.4, 0.5) is 0 Å². The van der Waals surface area contributed by atoms with Gasteiger partial charge in [0.1, 0.15) is 10.8 Å². The van der Waals surface area contributed by atoms with E-state index in [0.717, 1.165) is 6.42 Å². The Morgan fingerprint density at radius 1 is 1.05 bits per heavy atom. The molecule has 4 heteroatoms. The molecule has 1 aliphatic heterocycles. The summed E-state index contributed by atoms with van der Waals surface area (Å²) in [4.78, 5) is 2.55. The molecule has 0 radical (unpaired) electrons. The maximum Gasteiger partial charge on any atom is 0.139 e. The lowest BCUT2D eigenvalue weighted by atomic mass is 10.1. The Morgan fingerprint density at radius 3 is 2.63 bits per heavy atom. The molecule has 1 aliphatic rings. The molecule has 2 rings (SSSR count). The Morgan fingerprint density at radius 2 is 1.84 bits per heavy atom. The molecule has 106 valence electrons. The Kier molecular flexibility index (Phi) is 6.29. The normalized spacial score (nSPS) is 16.5. The molecule has 0 unspecified atom stereocenters. The lowest BCUT2D eigenvalue weighted by molar-refractivity contribution is 0.216. The summed E-state index contributed by atoms with van der Waals surface area (Å²) in [6.07, 6.45) is 6.34. The van der Waals surface area contributed by atoms with Crippen molar-refractivity contribution in [2.24, 2.45) is 0 Å². The molecule has 1 aromatic carbocycles. The first kappa shape index (κ1) is 15.0. The van der Waals surface area contributed by atoms with Crippen LogP contribution in [0.15, 0.2) is 18.2 Å². The number of likely N-dealkylation sites (tertiary alicyclic amines) is 1. The smallest absolute Gasteiger partial charge is 0.139 e. The number of hydrogen-bond donors (Lipinski definition) is 0. The molecule has 2 nitrogen and oxygen atoms in total. The lowest BCUT2D eigenvalue weighted by Gasteiger charge is -2.26. The van der Waals surface area contributed by atoms with E-state index in [1.807, 2.05) is 12.1 Å². The predicted molar refractivity (Wildman–Crippen MR) is 81.5 cm³/mol. The van der Waals surface area contributed by atoms with Crippen LogP contribution in [-0.2, 0) is 0 Å². The van der Waals surface area contributed by atoms with Crippen molar-refractivity contribution in [2.45, 2.75) is 32.1 Å². The number of nitrogens with zero attached hydrogens (tertiary/aromatic N) is 1. The van der Waals surface area contributed by atoms with Gasteiger partial charge < -0.3 is 9.64 Å². The van der Waals surface area contributed by atoms with Crippen molar-refractivity contribution in [3.05, 3.63) is 28.2 Å². The number of rotatable bonds is 6. The molecule has 1 saturated heterocycles. The van der Waals surface area contributed by atoms with Gasteiger partial charge in [-0.25, -0.2) is 0 Å². The Balaban J connectivity index is 1.62. The molecule has 0 atom stereocenters. The minimum Gasteiger partial charge on any atom is -0.492 e. The molecule has 1 heterocycles. The highest BCUT2D eigenvalue weighted by atomic mass is 35.5. The number of piperidine rings is 1. The second-order valence-corrected chi connectivity index (χ2v) is 5.79. The zero-order valence-corrected chi connectivity index (χ0v) is 12.7. The summed E-state index contributed by atoms with van der Waals surface area (Å²) in [7, 11) is 0. The minimum absolute atomic E-state index is 0.514. The zero-order chi connectivity index (χ0) is 13.5. The monoisotopic (exact) mass is 301 g/mol. The van der Waals surface area contributed by atoms with Crippen LogP contribution in [0.1, 0.15) is 32.1 Å². The Hall–Kier alpha value is -0.440. The quantitative estimate of drug-likeness (QED) is 0.710. The number of ether oxygens (including phenoxy) is 1. The second kappa shape index (κ2) is 7.98. The van der Waals surface area contributed by atoms with Crippen LogP contribution in [0.25, 0.3) is 0 Å². The summed E-state index contributed by atoms with van der Waals surface area (Å²) in [5, 5.41) is 1.06. The van der Waals surface area contributed by atoms with Crippen LogP contribution in [0.2, 0.25) is 10.0 Å². The van der Waals surface area contributed by atoms with Crippen molar-refractivity contribution in [1.82, 2.24) is 4.90 Å². The first-order chi connectivity index (χ1) is 9.27. The summed E-state index contributed by atoms with van der Waals surface area (Å²) in [6, 6.07) is 5.49. The van der Waals surface area contributed by atoms with Crippen LogP contribution in [-0.4, -0.2) is 31.1 Å². The van der Waals surface area contributed by atoms with E-state index in [-0.39, 0.29) is 0 Å². The second-order valence-electron chi connectivity index (χ2n) is 5.01. The maximum atomic E-state index is 6.06. The van der Waals surface area contributed by atoms with Crippen LogP contribution in [0, 0.1) is 0 Å². The molecule has 0 amide bonds. The van der Waals surface area contributed by atoms with E-state index >= 15 is 0 Å². The van der Waals surface area contributed by atoms with E-state index in [4.69, 9.17) is 27.9 Å². The van der Waals surface area contributed by atoms with Crippen molar-refractivity contribution in [1.29, 1.82) is 0 Å². The summed E-state index contributed by atoms with van der Waals surface area (Å²) in [5.41, 5.74) is 0. The highest BCUT2D eigenvalue weighted by Crippen LogP contribution is 2.31. The number of halogens is 2. The number of hydrogen-bond acceptors (Lipinski definition) is 2. The van der Waals surface area contributed by atoms with Gasteiger partial charge in [-0.05, 0) is 57.5 Å². The zero-order valence-electron chi connectivity index (χ0n) is 11.2. The van der Waals surface area contributed by atoms with Gasteiger partial charge in [-0.1, -0.05) is 35.7 Å². The van der Waals surface area contributed by atoms with Gasteiger partial charge in [0, 0.05) is 0 Å². The minimum atomic E-state index is 0.514. The molecule has 1 aromatic rings. The SMILES string of the molecule is Clc1cccc(OCCCCN2CCCCC2)c1Cl. The maximum absolute atomic E-state index is 6.06. The predicted octanol–water partition coefficient (Wildman–Crippen LogP) is 4.64. The summed E-state index contributed by atoms with van der Waals surface area (Å²) < 4.78 is 5.67. The molecule has 19 heavy (non-hydrogen) atoms. The summed E-state index contributed by atoms with van der Waals surface area (Å²) in [6.45, 7) is 4.42. The molecule has 0 aromatic heterocycles. The first-order valence-electron chi connectivity index (χ1n) is 7.06. The lowest BCUT2D eigenvalue weighted by Crippen LogP contribution is -2.30. The Bertz CT molecular complexity index is 392. The molecule has 0 saturated carbocycles. The number of benzene rings is 1. The van der Waals surface area contributed by atoms with Crippen LogP contribution < -0.4 is 4.74 Å². The van der Waals surface area contributed by atoms with Gasteiger partial charge in [0.15, 0.2) is 0 Å². The number of unbranched alkanes of at least 4 members (excludes halogenated alkanes) is 1. The molecule has 0 N–H and O–H groups in total. The van der Waals surface area contributed by atoms with E-state index in [1.54, 1.807) is 6.07 Å². The van der Waals surface area contributed by atoms with Gasteiger partial charge in [0.05, 0.1) is 11.6 Å². The topological polar surface area (TPSA) is 12.5 Å². The van der Waals surface area contributed by atoms with E-state index < -0.39 is 0 Å². The third-order valence-corrected chi connectivity index (χ3v) is 4.29. The molecule has 0 spiro atoms. The fourth-order valence-corrected chi connectivity index (χ4v) is 2.74. The van der Waals surface area contributed by atoms with Crippen molar-refractivity contribution >= 4 is 23.2 Å².